The standard InChI is InChI=1S/C24H31N7O4/c1-35-18-15-26-22(31-9-8-27-28-31)20-19(18)17(14-25-20)21(32)24(34)30-12-10-29(11-13-30)23(33)16-6-4-2-3-5-7-16/h8-9,14-16,25,27-28H,2-7,10-13H2,1H3. The summed E-state index contributed by atoms with van der Waals surface area (Å²) in [6, 6.07) is 0. The number of nitrogens with one attached hydrogen (secondary N) is 3. The van der Waals surface area contributed by atoms with E-state index in [2.05, 4.69) is 20.9 Å². The number of hydrazine groups is 2. The number of pyridine rings is 1. The molecule has 0 spiro atoms. The molecule has 0 aromatic carbocycles. The molecule has 2 aromatic heterocycles. The second kappa shape index (κ2) is 9.95. The molecule has 2 aromatic rings. The Hall–Kier alpha value is -3.60. The van der Waals surface area contributed by atoms with Gasteiger partial charge in [-0.05, 0) is 12.8 Å². The quantitative estimate of drug-likeness (QED) is 0.335. The molecule has 3 N–H and O–H groups in total. The van der Waals surface area contributed by atoms with Gasteiger partial charge in [0.05, 0.1) is 29.8 Å². The van der Waals surface area contributed by atoms with E-state index in [4.69, 9.17) is 4.74 Å². The molecular weight excluding hydrogens is 450 g/mol. The number of carbonyl (C=O) groups is 3. The number of nitrogens with zero attached hydrogens (tertiary/aromatic N) is 4. The lowest BCUT2D eigenvalue weighted by molar-refractivity contribution is -0.140. The van der Waals surface area contributed by atoms with E-state index < -0.39 is 11.7 Å². The molecule has 35 heavy (non-hydrogen) atoms. The first-order valence-electron chi connectivity index (χ1n) is 12.2. The van der Waals surface area contributed by atoms with Crippen LogP contribution in [0.25, 0.3) is 10.9 Å². The van der Waals surface area contributed by atoms with Crippen LogP contribution < -0.4 is 20.7 Å². The fourth-order valence-corrected chi connectivity index (χ4v) is 5.17. The number of piperazine rings is 1. The average molecular weight is 482 g/mol. The zero-order valence-corrected chi connectivity index (χ0v) is 19.9. The first-order valence-corrected chi connectivity index (χ1v) is 12.2. The highest BCUT2D eigenvalue weighted by molar-refractivity contribution is 6.45. The van der Waals surface area contributed by atoms with Crippen molar-refractivity contribution >= 4 is 34.3 Å². The van der Waals surface area contributed by atoms with Gasteiger partial charge in [-0.2, -0.15) is 0 Å². The van der Waals surface area contributed by atoms with Gasteiger partial charge in [0, 0.05) is 50.7 Å². The van der Waals surface area contributed by atoms with Crippen molar-refractivity contribution in [1.29, 1.82) is 0 Å². The van der Waals surface area contributed by atoms with Gasteiger partial charge in [0.2, 0.25) is 5.91 Å². The van der Waals surface area contributed by atoms with E-state index in [1.54, 1.807) is 22.3 Å². The third kappa shape index (κ3) is 4.43. The topological polar surface area (TPSA) is 123 Å². The van der Waals surface area contributed by atoms with Crippen molar-refractivity contribution < 1.29 is 19.1 Å². The van der Waals surface area contributed by atoms with Crippen molar-refractivity contribution in [1.82, 2.24) is 30.7 Å². The minimum atomic E-state index is -0.613. The third-order valence-electron chi connectivity index (χ3n) is 7.12. The van der Waals surface area contributed by atoms with Gasteiger partial charge in [-0.1, -0.05) is 25.7 Å². The van der Waals surface area contributed by atoms with Crippen LogP contribution in [0.5, 0.6) is 5.75 Å². The largest absolute Gasteiger partial charge is 0.494 e. The maximum atomic E-state index is 13.3. The molecule has 0 atom stereocenters. The lowest BCUT2D eigenvalue weighted by Crippen LogP contribution is -2.53. The number of hydrogen-bond acceptors (Lipinski definition) is 8. The summed E-state index contributed by atoms with van der Waals surface area (Å²) in [6.45, 7) is 1.62. The molecule has 0 bridgehead atoms. The second-order valence-electron chi connectivity index (χ2n) is 9.18. The lowest BCUT2D eigenvalue weighted by atomic mass is 9.98. The maximum Gasteiger partial charge on any atom is 0.295 e. The fourth-order valence-electron chi connectivity index (χ4n) is 5.17. The SMILES string of the molecule is COc1cnc(N2C=CNN2)c2[nH]cc(C(=O)C(=O)N3CCN(C(=O)C4CCCCCC4)CC3)c12. The number of amides is 2. The van der Waals surface area contributed by atoms with Gasteiger partial charge in [-0.3, -0.25) is 14.4 Å². The van der Waals surface area contributed by atoms with Crippen LogP contribution in [0.1, 0.15) is 48.9 Å². The number of Topliss-reactive ketones (excluding diaryl/α,β-unsaturated/α-hetero) is 1. The van der Waals surface area contributed by atoms with Gasteiger partial charge >= 0.3 is 0 Å². The van der Waals surface area contributed by atoms with Crippen molar-refractivity contribution in [3.05, 3.63) is 30.4 Å². The summed E-state index contributed by atoms with van der Waals surface area (Å²) < 4.78 is 5.45. The number of ether oxygens (including phenoxy) is 1. The van der Waals surface area contributed by atoms with Crippen molar-refractivity contribution in [3.63, 3.8) is 0 Å². The molecule has 4 heterocycles. The Labute approximate surface area is 203 Å². The van der Waals surface area contributed by atoms with Crippen LogP contribution in [-0.2, 0) is 9.59 Å². The first-order chi connectivity index (χ1) is 17.1. The van der Waals surface area contributed by atoms with Gasteiger partial charge in [0.15, 0.2) is 5.82 Å². The number of aromatic amines is 1. The minimum Gasteiger partial charge on any atom is -0.494 e. The van der Waals surface area contributed by atoms with Crippen LogP contribution in [0.4, 0.5) is 5.82 Å². The lowest BCUT2D eigenvalue weighted by Gasteiger charge is -2.36. The van der Waals surface area contributed by atoms with E-state index >= 15 is 0 Å². The number of rotatable bonds is 5. The molecule has 2 fully saturated rings. The summed E-state index contributed by atoms with van der Waals surface area (Å²) in [4.78, 5) is 50.3. The Morgan fingerprint density at radius 1 is 1.03 bits per heavy atom. The number of carbonyl (C=O) groups excluding carboxylic acids is 3. The van der Waals surface area contributed by atoms with Crippen molar-refractivity contribution in [2.45, 2.75) is 38.5 Å². The normalized spacial score (nSPS) is 19.1. The van der Waals surface area contributed by atoms with Crippen LogP contribution in [0, 0.1) is 5.92 Å². The molecule has 1 aliphatic carbocycles. The van der Waals surface area contributed by atoms with Gasteiger partial charge in [0.25, 0.3) is 11.7 Å². The van der Waals surface area contributed by atoms with Gasteiger partial charge in [-0.15, -0.1) is 5.53 Å². The predicted octanol–water partition coefficient (Wildman–Crippen LogP) is 1.70. The van der Waals surface area contributed by atoms with Crippen molar-refractivity contribution in [2.75, 3.05) is 38.3 Å². The summed E-state index contributed by atoms with van der Waals surface area (Å²) in [5.74, 6) is 0.0334. The Bertz CT molecular complexity index is 1140. The number of H-pyrrole nitrogens is 1. The Kier molecular flexibility index (Phi) is 6.58. The number of hydrogen-bond donors (Lipinski definition) is 3. The smallest absolute Gasteiger partial charge is 0.295 e. The number of ketones is 1. The number of methoxy groups -OCH3 is 1. The number of aromatic nitrogens is 2. The monoisotopic (exact) mass is 481 g/mol. The molecule has 5 rings (SSSR count). The van der Waals surface area contributed by atoms with E-state index in [0.717, 1.165) is 25.7 Å². The molecule has 1 saturated carbocycles. The average Bonchev–Trinajstić information content (AvgIpc) is 3.51. The van der Waals surface area contributed by atoms with Gasteiger partial charge < -0.3 is 24.9 Å². The molecular formula is C24H31N7O4. The molecule has 2 amide bonds. The zero-order chi connectivity index (χ0) is 24.4. The van der Waals surface area contributed by atoms with Crippen molar-refractivity contribution in [3.8, 4) is 5.75 Å². The van der Waals surface area contributed by atoms with E-state index in [9.17, 15) is 14.4 Å². The number of fused-ring (bicyclic) bond motifs is 1. The van der Waals surface area contributed by atoms with Crippen LogP contribution >= 0.6 is 0 Å². The highest BCUT2D eigenvalue weighted by Crippen LogP contribution is 2.34. The van der Waals surface area contributed by atoms with Gasteiger partial charge in [-0.25, -0.2) is 9.99 Å². The molecule has 11 heteroatoms. The fraction of sp³-hybridized carbons (Fsp3) is 0.500. The number of anilines is 1. The molecule has 1 saturated heterocycles. The summed E-state index contributed by atoms with van der Waals surface area (Å²) in [6.07, 6.45) is 13.0. The zero-order valence-electron chi connectivity index (χ0n) is 19.9. The van der Waals surface area contributed by atoms with Crippen LogP contribution in [0.2, 0.25) is 0 Å². The predicted molar refractivity (Wildman–Crippen MR) is 129 cm³/mol. The maximum absolute atomic E-state index is 13.3. The molecule has 3 aliphatic rings. The first kappa shape index (κ1) is 23.2. The Morgan fingerprint density at radius 3 is 2.40 bits per heavy atom. The Morgan fingerprint density at radius 2 is 1.74 bits per heavy atom. The van der Waals surface area contributed by atoms with Crippen molar-refractivity contribution in [2.24, 2.45) is 5.92 Å². The van der Waals surface area contributed by atoms with Gasteiger partial charge in [0.1, 0.15) is 5.75 Å². The molecule has 0 radical (unpaired) electrons. The highest BCUT2D eigenvalue weighted by atomic mass is 16.5. The Balaban J connectivity index is 1.30. The second-order valence-corrected chi connectivity index (χ2v) is 9.18. The highest BCUT2D eigenvalue weighted by Gasteiger charge is 2.33. The summed E-state index contributed by atoms with van der Waals surface area (Å²) >= 11 is 0. The molecule has 0 unspecified atom stereocenters. The van der Waals surface area contributed by atoms with Crippen LogP contribution in [0.15, 0.2) is 24.8 Å². The summed E-state index contributed by atoms with van der Waals surface area (Å²) in [5, 5.41) is 2.15. The summed E-state index contributed by atoms with van der Waals surface area (Å²) in [7, 11) is 1.50. The van der Waals surface area contributed by atoms with Crippen LogP contribution in [0.3, 0.4) is 0 Å². The van der Waals surface area contributed by atoms with Crippen LogP contribution in [-0.4, -0.2) is 70.7 Å². The van der Waals surface area contributed by atoms with E-state index in [-0.39, 0.29) is 17.4 Å². The van der Waals surface area contributed by atoms with E-state index in [0.29, 0.717) is 48.6 Å². The van der Waals surface area contributed by atoms with E-state index in [1.165, 1.54) is 32.3 Å². The molecule has 11 nitrogen and oxygen atoms in total. The van der Waals surface area contributed by atoms with E-state index in [1.807, 2.05) is 4.90 Å². The summed E-state index contributed by atoms with van der Waals surface area (Å²) in [5.41, 5.74) is 6.56. The molecule has 186 valence electrons. The molecule has 2 aliphatic heterocycles. The minimum absolute atomic E-state index is 0.0954. The third-order valence-corrected chi connectivity index (χ3v) is 7.12.